The number of benzene rings is 1. The first kappa shape index (κ1) is 17.3. The molecule has 0 bridgehead atoms. The minimum atomic E-state index is -0.950. The minimum absolute atomic E-state index is 0.287. The first-order chi connectivity index (χ1) is 12.0. The summed E-state index contributed by atoms with van der Waals surface area (Å²) < 4.78 is 0. The Hall–Kier alpha value is -2.51. The maximum Gasteiger partial charge on any atom is 0.346 e. The Balaban J connectivity index is 1.82. The summed E-state index contributed by atoms with van der Waals surface area (Å²) in [4.78, 5) is 22.8. The Morgan fingerprint density at radius 2 is 2.00 bits per heavy atom. The summed E-state index contributed by atoms with van der Waals surface area (Å²) in [5, 5.41) is 20.4. The maximum atomic E-state index is 11.4. The van der Waals surface area contributed by atoms with E-state index in [1.54, 1.807) is 6.92 Å². The Kier molecular flexibility index (Phi) is 4.96. The number of thiophene rings is 1. The molecule has 0 saturated heterocycles. The van der Waals surface area contributed by atoms with E-state index in [0.29, 0.717) is 29.2 Å². The van der Waals surface area contributed by atoms with E-state index in [1.807, 2.05) is 42.3 Å². The molecule has 0 amide bonds. The standard InChI is InChI=1S/C18H19N3O3S/c1-11-14-16(19-10-20-17(14)25-15(11)18(23)24)21(2)9-8-13(22)12-6-4-3-5-7-12/h3-7,10,13,22H,8-9H2,1-2H3,(H,23,24)/t13-/m0/s1. The number of aromatic nitrogens is 2. The van der Waals surface area contributed by atoms with Gasteiger partial charge in [0.25, 0.3) is 0 Å². The number of carbonyl (C=O) groups is 1. The van der Waals surface area contributed by atoms with E-state index in [9.17, 15) is 15.0 Å². The van der Waals surface area contributed by atoms with E-state index in [2.05, 4.69) is 9.97 Å². The summed E-state index contributed by atoms with van der Waals surface area (Å²) >= 11 is 1.16. The molecule has 3 rings (SSSR count). The fourth-order valence-electron chi connectivity index (χ4n) is 2.81. The van der Waals surface area contributed by atoms with Crippen molar-refractivity contribution in [1.29, 1.82) is 0 Å². The molecule has 3 aromatic rings. The highest BCUT2D eigenvalue weighted by atomic mass is 32.1. The van der Waals surface area contributed by atoms with Crippen molar-refractivity contribution in [2.24, 2.45) is 0 Å². The summed E-state index contributed by atoms with van der Waals surface area (Å²) in [7, 11) is 1.89. The highest BCUT2D eigenvalue weighted by Crippen LogP contribution is 2.34. The Morgan fingerprint density at radius 1 is 1.28 bits per heavy atom. The van der Waals surface area contributed by atoms with Crippen LogP contribution in [0.15, 0.2) is 36.7 Å². The van der Waals surface area contributed by atoms with Gasteiger partial charge in [-0.15, -0.1) is 11.3 Å². The van der Waals surface area contributed by atoms with Crippen LogP contribution in [0.1, 0.15) is 33.3 Å². The lowest BCUT2D eigenvalue weighted by Gasteiger charge is -2.21. The molecule has 25 heavy (non-hydrogen) atoms. The number of aryl methyl sites for hydroxylation is 1. The van der Waals surface area contributed by atoms with Crippen LogP contribution < -0.4 is 4.90 Å². The van der Waals surface area contributed by atoms with Gasteiger partial charge < -0.3 is 15.1 Å². The van der Waals surface area contributed by atoms with Gasteiger partial charge in [-0.05, 0) is 24.5 Å². The number of aliphatic hydroxyl groups is 1. The van der Waals surface area contributed by atoms with E-state index < -0.39 is 12.1 Å². The number of aliphatic hydroxyl groups excluding tert-OH is 1. The first-order valence-electron chi connectivity index (χ1n) is 7.90. The van der Waals surface area contributed by atoms with Crippen molar-refractivity contribution in [3.05, 3.63) is 52.7 Å². The molecule has 2 N–H and O–H groups in total. The lowest BCUT2D eigenvalue weighted by molar-refractivity contribution is 0.0701. The van der Waals surface area contributed by atoms with Gasteiger partial charge >= 0.3 is 5.97 Å². The number of rotatable bonds is 6. The number of anilines is 1. The first-order valence-corrected chi connectivity index (χ1v) is 8.72. The Labute approximate surface area is 149 Å². The van der Waals surface area contributed by atoms with Gasteiger partial charge in [-0.1, -0.05) is 30.3 Å². The van der Waals surface area contributed by atoms with Crippen LogP contribution in [0.4, 0.5) is 5.82 Å². The number of hydrogen-bond acceptors (Lipinski definition) is 6. The largest absolute Gasteiger partial charge is 0.477 e. The van der Waals surface area contributed by atoms with Crippen LogP contribution in [0.25, 0.3) is 10.2 Å². The highest BCUT2D eigenvalue weighted by Gasteiger charge is 2.20. The molecule has 130 valence electrons. The van der Waals surface area contributed by atoms with E-state index in [1.165, 1.54) is 6.33 Å². The molecule has 0 aliphatic rings. The molecule has 7 heteroatoms. The van der Waals surface area contributed by atoms with E-state index in [4.69, 9.17) is 0 Å². The van der Waals surface area contributed by atoms with Crippen molar-refractivity contribution < 1.29 is 15.0 Å². The molecular formula is C18H19N3O3S. The van der Waals surface area contributed by atoms with Gasteiger partial charge in [0.1, 0.15) is 21.9 Å². The number of fused-ring (bicyclic) bond motifs is 1. The summed E-state index contributed by atoms with van der Waals surface area (Å²) in [5.74, 6) is -0.264. The van der Waals surface area contributed by atoms with Gasteiger partial charge in [0, 0.05) is 13.6 Å². The van der Waals surface area contributed by atoms with Crippen LogP contribution >= 0.6 is 11.3 Å². The molecule has 0 spiro atoms. The fourth-order valence-corrected chi connectivity index (χ4v) is 3.79. The average molecular weight is 357 g/mol. The van der Waals surface area contributed by atoms with Crippen LogP contribution in [0, 0.1) is 6.92 Å². The summed E-state index contributed by atoms with van der Waals surface area (Å²) in [6.45, 7) is 2.36. The molecule has 0 unspecified atom stereocenters. The summed E-state index contributed by atoms with van der Waals surface area (Å²) in [5.41, 5.74) is 1.56. The highest BCUT2D eigenvalue weighted by molar-refractivity contribution is 7.20. The van der Waals surface area contributed by atoms with Gasteiger partial charge in [0.2, 0.25) is 0 Å². The molecule has 0 fully saturated rings. The third-order valence-electron chi connectivity index (χ3n) is 4.18. The molecular weight excluding hydrogens is 338 g/mol. The topological polar surface area (TPSA) is 86.5 Å². The van der Waals surface area contributed by atoms with E-state index in [-0.39, 0.29) is 4.88 Å². The molecule has 1 atom stereocenters. The summed E-state index contributed by atoms with van der Waals surface area (Å²) in [6.07, 6.45) is 1.43. The maximum absolute atomic E-state index is 11.4. The zero-order valence-electron chi connectivity index (χ0n) is 14.0. The number of hydrogen-bond donors (Lipinski definition) is 2. The second-order valence-corrected chi connectivity index (χ2v) is 6.87. The number of aromatic carboxylic acids is 1. The van der Waals surface area contributed by atoms with Crippen molar-refractivity contribution in [2.45, 2.75) is 19.4 Å². The zero-order valence-corrected chi connectivity index (χ0v) is 14.8. The van der Waals surface area contributed by atoms with E-state index in [0.717, 1.165) is 22.3 Å². The van der Waals surface area contributed by atoms with Gasteiger partial charge in [-0.2, -0.15) is 0 Å². The summed E-state index contributed by atoms with van der Waals surface area (Å²) in [6, 6.07) is 9.52. The Morgan fingerprint density at radius 3 is 2.68 bits per heavy atom. The SMILES string of the molecule is Cc1c(C(=O)O)sc2ncnc(N(C)CC[C@H](O)c3ccccc3)c12. The molecule has 6 nitrogen and oxygen atoms in total. The monoisotopic (exact) mass is 357 g/mol. The van der Waals surface area contributed by atoms with Crippen LogP contribution in [0.2, 0.25) is 0 Å². The van der Waals surface area contributed by atoms with Gasteiger partial charge in [0.05, 0.1) is 11.5 Å². The number of carboxylic acid groups (broad SMARTS) is 1. The van der Waals surface area contributed by atoms with Crippen LogP contribution in [0.3, 0.4) is 0 Å². The number of carboxylic acids is 1. The predicted octanol–water partition coefficient (Wildman–Crippen LogP) is 3.26. The second-order valence-electron chi connectivity index (χ2n) is 5.88. The van der Waals surface area contributed by atoms with Gasteiger partial charge in [0.15, 0.2) is 0 Å². The van der Waals surface area contributed by atoms with Crippen molar-refractivity contribution in [3.8, 4) is 0 Å². The lowest BCUT2D eigenvalue weighted by Crippen LogP contribution is -2.22. The molecule has 1 aromatic carbocycles. The Bertz CT molecular complexity index is 895. The van der Waals surface area contributed by atoms with Crippen LogP contribution in [-0.4, -0.2) is 39.7 Å². The van der Waals surface area contributed by atoms with Gasteiger partial charge in [-0.25, -0.2) is 14.8 Å². The average Bonchev–Trinajstić information content (AvgIpc) is 2.97. The van der Waals surface area contributed by atoms with Crippen molar-refractivity contribution in [3.63, 3.8) is 0 Å². The third-order valence-corrected chi connectivity index (χ3v) is 5.37. The smallest absolute Gasteiger partial charge is 0.346 e. The minimum Gasteiger partial charge on any atom is -0.477 e. The molecule has 0 saturated carbocycles. The van der Waals surface area contributed by atoms with Crippen molar-refractivity contribution >= 4 is 33.3 Å². The normalized spacial score (nSPS) is 12.3. The fraction of sp³-hybridized carbons (Fsp3) is 0.278. The van der Waals surface area contributed by atoms with Gasteiger partial charge in [-0.3, -0.25) is 0 Å². The third kappa shape index (κ3) is 3.47. The van der Waals surface area contributed by atoms with E-state index >= 15 is 0 Å². The molecule has 2 aromatic heterocycles. The molecule has 0 aliphatic heterocycles. The zero-order chi connectivity index (χ0) is 18.0. The molecule has 0 radical (unpaired) electrons. The number of nitrogens with zero attached hydrogens (tertiary/aromatic N) is 3. The predicted molar refractivity (Wildman–Crippen MR) is 98.4 cm³/mol. The quantitative estimate of drug-likeness (QED) is 0.704. The molecule has 2 heterocycles. The van der Waals surface area contributed by atoms with Crippen molar-refractivity contribution in [2.75, 3.05) is 18.5 Å². The lowest BCUT2D eigenvalue weighted by atomic mass is 10.1. The second kappa shape index (κ2) is 7.16. The molecule has 0 aliphatic carbocycles. The van der Waals surface area contributed by atoms with Crippen molar-refractivity contribution in [1.82, 2.24) is 9.97 Å². The van der Waals surface area contributed by atoms with Crippen LogP contribution in [0.5, 0.6) is 0 Å². The van der Waals surface area contributed by atoms with Crippen LogP contribution in [-0.2, 0) is 0 Å².